The molecule has 0 radical (unpaired) electrons. The first-order valence-electron chi connectivity index (χ1n) is 5.27. The number of hydrogen-bond donors (Lipinski definition) is 0. The zero-order valence-electron chi connectivity index (χ0n) is 9.46. The smallest absolute Gasteiger partial charge is 0.264 e. The van der Waals surface area contributed by atoms with E-state index in [2.05, 4.69) is 4.98 Å². The number of hydrogen-bond acceptors (Lipinski definition) is 3. The lowest BCUT2D eigenvalue weighted by atomic mass is 10.1. The van der Waals surface area contributed by atoms with Crippen LogP contribution in [0.2, 0.25) is 0 Å². The van der Waals surface area contributed by atoms with Gasteiger partial charge in [0.25, 0.3) is 5.78 Å². The maximum Gasteiger partial charge on any atom is 0.264 e. The van der Waals surface area contributed by atoms with Crippen molar-refractivity contribution in [3.63, 3.8) is 0 Å². The van der Waals surface area contributed by atoms with Crippen molar-refractivity contribution in [2.75, 3.05) is 0 Å². The Kier molecular flexibility index (Phi) is 3.14. The van der Waals surface area contributed by atoms with Gasteiger partial charge in [-0.25, -0.2) is 4.98 Å². The summed E-state index contributed by atoms with van der Waals surface area (Å²) >= 11 is 0. The van der Waals surface area contributed by atoms with Crippen molar-refractivity contribution in [1.82, 2.24) is 9.55 Å². The van der Waals surface area contributed by atoms with Crippen LogP contribution in [0.5, 0.6) is 0 Å². The Hall–Kier alpha value is -2.23. The number of aryl methyl sites for hydroxylation is 1. The standard InChI is InChI=1S/C13H12N2O2/c1-15-8-7-14-13(15)12(17)11(16)9-10-5-3-2-4-6-10/h2-8H,9H2,1H3. The Balaban J connectivity index is 2.12. The van der Waals surface area contributed by atoms with Crippen LogP contribution in [-0.4, -0.2) is 21.1 Å². The molecule has 0 amide bonds. The van der Waals surface area contributed by atoms with E-state index in [-0.39, 0.29) is 12.2 Å². The van der Waals surface area contributed by atoms with Gasteiger partial charge in [0, 0.05) is 25.9 Å². The molecule has 1 aromatic heterocycles. The van der Waals surface area contributed by atoms with Crippen LogP contribution < -0.4 is 0 Å². The minimum Gasteiger partial charge on any atom is -0.331 e. The topological polar surface area (TPSA) is 52.0 Å². The van der Waals surface area contributed by atoms with Crippen molar-refractivity contribution in [3.05, 3.63) is 54.1 Å². The van der Waals surface area contributed by atoms with E-state index in [0.717, 1.165) is 5.56 Å². The van der Waals surface area contributed by atoms with Gasteiger partial charge in [0.2, 0.25) is 5.78 Å². The lowest BCUT2D eigenvalue weighted by Crippen LogP contribution is -2.20. The predicted molar refractivity (Wildman–Crippen MR) is 62.7 cm³/mol. The van der Waals surface area contributed by atoms with Crippen molar-refractivity contribution in [3.8, 4) is 0 Å². The molecule has 2 aromatic rings. The van der Waals surface area contributed by atoms with E-state index >= 15 is 0 Å². The van der Waals surface area contributed by atoms with E-state index in [4.69, 9.17) is 0 Å². The van der Waals surface area contributed by atoms with Gasteiger partial charge in [0.1, 0.15) is 0 Å². The summed E-state index contributed by atoms with van der Waals surface area (Å²) in [6, 6.07) is 9.20. The molecule has 2 rings (SSSR count). The first-order valence-corrected chi connectivity index (χ1v) is 5.27. The van der Waals surface area contributed by atoms with E-state index in [1.807, 2.05) is 30.3 Å². The molecule has 0 N–H and O–H groups in total. The van der Waals surface area contributed by atoms with Gasteiger partial charge in [-0.2, -0.15) is 0 Å². The van der Waals surface area contributed by atoms with Gasteiger partial charge >= 0.3 is 0 Å². The molecule has 1 heterocycles. The summed E-state index contributed by atoms with van der Waals surface area (Å²) in [4.78, 5) is 27.4. The lowest BCUT2D eigenvalue weighted by molar-refractivity contribution is -0.114. The second-order valence-electron chi connectivity index (χ2n) is 3.78. The van der Waals surface area contributed by atoms with Crippen LogP contribution in [0.1, 0.15) is 16.2 Å². The van der Waals surface area contributed by atoms with Crippen LogP contribution in [-0.2, 0) is 18.3 Å². The number of imidazole rings is 1. The number of carbonyl (C=O) groups excluding carboxylic acids is 2. The van der Waals surface area contributed by atoms with E-state index in [1.165, 1.54) is 6.20 Å². The van der Waals surface area contributed by atoms with Crippen molar-refractivity contribution in [1.29, 1.82) is 0 Å². The summed E-state index contributed by atoms with van der Waals surface area (Å²) in [5.41, 5.74) is 0.833. The molecule has 4 nitrogen and oxygen atoms in total. The summed E-state index contributed by atoms with van der Waals surface area (Å²) in [5, 5.41) is 0. The van der Waals surface area contributed by atoms with Crippen molar-refractivity contribution < 1.29 is 9.59 Å². The van der Waals surface area contributed by atoms with Gasteiger partial charge in [-0.05, 0) is 5.56 Å². The minimum absolute atomic E-state index is 0.118. The Morgan fingerprint density at radius 1 is 1.24 bits per heavy atom. The third kappa shape index (κ3) is 2.47. The molecule has 0 fully saturated rings. The second-order valence-corrected chi connectivity index (χ2v) is 3.78. The van der Waals surface area contributed by atoms with Crippen molar-refractivity contribution in [2.45, 2.75) is 6.42 Å². The monoisotopic (exact) mass is 228 g/mol. The highest BCUT2D eigenvalue weighted by Crippen LogP contribution is 2.04. The van der Waals surface area contributed by atoms with Crippen LogP contribution in [0, 0.1) is 0 Å². The Labute approximate surface area is 98.9 Å². The average Bonchev–Trinajstić information content (AvgIpc) is 2.76. The number of nitrogens with zero attached hydrogens (tertiary/aromatic N) is 2. The number of carbonyl (C=O) groups is 2. The molecule has 17 heavy (non-hydrogen) atoms. The quantitative estimate of drug-likeness (QED) is 0.587. The Morgan fingerprint density at radius 2 is 1.94 bits per heavy atom. The number of benzene rings is 1. The number of ketones is 2. The zero-order chi connectivity index (χ0) is 12.3. The average molecular weight is 228 g/mol. The van der Waals surface area contributed by atoms with E-state index in [0.29, 0.717) is 0 Å². The van der Waals surface area contributed by atoms with Crippen LogP contribution in [0.4, 0.5) is 0 Å². The zero-order valence-corrected chi connectivity index (χ0v) is 9.46. The highest BCUT2D eigenvalue weighted by Gasteiger charge is 2.20. The van der Waals surface area contributed by atoms with Crippen LogP contribution in [0.25, 0.3) is 0 Å². The molecule has 0 saturated carbocycles. The van der Waals surface area contributed by atoms with Crippen LogP contribution in [0.3, 0.4) is 0 Å². The molecule has 0 bridgehead atoms. The van der Waals surface area contributed by atoms with Crippen LogP contribution >= 0.6 is 0 Å². The molecule has 0 atom stereocenters. The highest BCUT2D eigenvalue weighted by molar-refractivity contribution is 6.43. The maximum atomic E-state index is 11.8. The molecule has 86 valence electrons. The van der Waals surface area contributed by atoms with Gasteiger partial charge in [-0.3, -0.25) is 9.59 Å². The molecule has 0 aliphatic rings. The first kappa shape index (κ1) is 11.3. The van der Waals surface area contributed by atoms with E-state index in [9.17, 15) is 9.59 Å². The normalized spacial score (nSPS) is 10.2. The summed E-state index contributed by atoms with van der Waals surface area (Å²) in [5.74, 6) is -0.794. The van der Waals surface area contributed by atoms with Gasteiger partial charge < -0.3 is 4.57 Å². The molecular weight excluding hydrogens is 216 g/mol. The third-order valence-corrected chi connectivity index (χ3v) is 2.49. The molecule has 1 aromatic carbocycles. The Bertz CT molecular complexity index is 544. The van der Waals surface area contributed by atoms with Gasteiger partial charge in [0.05, 0.1) is 0 Å². The molecule has 0 aliphatic heterocycles. The van der Waals surface area contributed by atoms with Gasteiger partial charge in [-0.1, -0.05) is 30.3 Å². The highest BCUT2D eigenvalue weighted by atomic mass is 16.2. The fraction of sp³-hybridized carbons (Fsp3) is 0.154. The molecule has 0 saturated heterocycles. The maximum absolute atomic E-state index is 11.8. The van der Waals surface area contributed by atoms with Crippen LogP contribution in [0.15, 0.2) is 42.7 Å². The summed E-state index contributed by atoms with van der Waals surface area (Å²) in [7, 11) is 1.69. The first-order chi connectivity index (χ1) is 8.18. The Morgan fingerprint density at radius 3 is 2.53 bits per heavy atom. The van der Waals surface area contributed by atoms with E-state index in [1.54, 1.807) is 17.8 Å². The SMILES string of the molecule is Cn1ccnc1C(=O)C(=O)Cc1ccccc1. The molecule has 4 heteroatoms. The van der Waals surface area contributed by atoms with E-state index < -0.39 is 11.6 Å². The number of rotatable bonds is 4. The largest absolute Gasteiger partial charge is 0.331 e. The molecule has 0 unspecified atom stereocenters. The fourth-order valence-corrected chi connectivity index (χ4v) is 1.57. The number of aromatic nitrogens is 2. The van der Waals surface area contributed by atoms with Gasteiger partial charge in [-0.15, -0.1) is 0 Å². The minimum atomic E-state index is -0.540. The molecule has 0 aliphatic carbocycles. The van der Waals surface area contributed by atoms with Crippen molar-refractivity contribution >= 4 is 11.6 Å². The predicted octanol–water partition coefficient (Wildman–Crippen LogP) is 1.41. The fourth-order valence-electron chi connectivity index (χ4n) is 1.57. The third-order valence-electron chi connectivity index (χ3n) is 2.49. The summed E-state index contributed by atoms with van der Waals surface area (Å²) in [6.07, 6.45) is 3.26. The van der Waals surface area contributed by atoms with Crippen molar-refractivity contribution in [2.24, 2.45) is 7.05 Å². The summed E-state index contributed by atoms with van der Waals surface area (Å²) in [6.45, 7) is 0. The van der Waals surface area contributed by atoms with Gasteiger partial charge in [0.15, 0.2) is 5.82 Å². The lowest BCUT2D eigenvalue weighted by Gasteiger charge is -2.01. The number of Topliss-reactive ketones (excluding diaryl/α,β-unsaturated/α-hetero) is 2. The second kappa shape index (κ2) is 4.74. The molecular formula is C13H12N2O2. The summed E-state index contributed by atoms with van der Waals surface area (Å²) < 4.78 is 1.55. The molecule has 0 spiro atoms.